The molecule has 0 unspecified atom stereocenters. The highest BCUT2D eigenvalue weighted by atomic mass is 19.2. The fourth-order valence-corrected chi connectivity index (χ4v) is 1.81. The van der Waals surface area contributed by atoms with Crippen molar-refractivity contribution in [3.63, 3.8) is 0 Å². The van der Waals surface area contributed by atoms with E-state index in [0.29, 0.717) is 6.07 Å². The van der Waals surface area contributed by atoms with Crippen molar-refractivity contribution in [2.24, 2.45) is 0 Å². The molecule has 0 fully saturated rings. The van der Waals surface area contributed by atoms with E-state index in [1.807, 2.05) is 6.07 Å². The van der Waals surface area contributed by atoms with Gasteiger partial charge < -0.3 is 4.90 Å². The van der Waals surface area contributed by atoms with Crippen LogP contribution in [0.5, 0.6) is 0 Å². The minimum atomic E-state index is -1.38. The van der Waals surface area contributed by atoms with Gasteiger partial charge >= 0.3 is 0 Å². The zero-order valence-corrected chi connectivity index (χ0v) is 10.9. The smallest absolute Gasteiger partial charge is 0.251 e. The second-order valence-electron chi connectivity index (χ2n) is 4.26. The Balaban J connectivity index is 2.32. The number of aromatic nitrogens is 2. The molecule has 2 aromatic rings. The normalized spacial score (nSPS) is 10.2. The van der Waals surface area contributed by atoms with Crippen LogP contribution in [0.15, 0.2) is 30.6 Å². The summed E-state index contributed by atoms with van der Waals surface area (Å²) in [7, 11) is 0. The molecule has 21 heavy (non-hydrogen) atoms. The lowest BCUT2D eigenvalue weighted by molar-refractivity contribution is 0.462. The van der Waals surface area contributed by atoms with Crippen LogP contribution in [0, 0.1) is 28.9 Å². The van der Waals surface area contributed by atoms with Crippen LogP contribution in [0.25, 0.3) is 0 Å². The Morgan fingerprint density at radius 1 is 1.24 bits per heavy atom. The van der Waals surface area contributed by atoms with Crippen molar-refractivity contribution in [3.05, 3.63) is 53.7 Å². The molecule has 0 saturated heterocycles. The van der Waals surface area contributed by atoms with Gasteiger partial charge in [0.1, 0.15) is 0 Å². The Labute approximate surface area is 119 Å². The molecule has 0 spiro atoms. The van der Waals surface area contributed by atoms with Crippen molar-refractivity contribution >= 4 is 5.82 Å². The third kappa shape index (κ3) is 3.69. The maximum atomic E-state index is 13.8. The second kappa shape index (κ2) is 6.70. The standard InChI is InChI=1S/C14H11F3N4/c15-11-7-12(16)14(20-13(11)17)21(6-2-4-18)9-10-3-1-5-19-8-10/h1,3,5,7-8H,2,6,9H2. The van der Waals surface area contributed by atoms with Gasteiger partial charge in [-0.3, -0.25) is 4.98 Å². The number of pyridine rings is 2. The maximum Gasteiger partial charge on any atom is 0.251 e. The molecule has 0 aromatic carbocycles. The monoisotopic (exact) mass is 292 g/mol. The predicted octanol–water partition coefficient (Wildman–Crippen LogP) is 2.81. The third-order valence-corrected chi connectivity index (χ3v) is 2.76. The Kier molecular flexibility index (Phi) is 4.72. The SMILES string of the molecule is N#CCCN(Cc1cccnc1)c1nc(F)c(F)cc1F. The van der Waals surface area contributed by atoms with E-state index in [2.05, 4.69) is 9.97 Å². The van der Waals surface area contributed by atoms with E-state index in [9.17, 15) is 13.2 Å². The minimum absolute atomic E-state index is 0.0976. The first-order valence-corrected chi connectivity index (χ1v) is 6.14. The Morgan fingerprint density at radius 3 is 2.71 bits per heavy atom. The molecule has 0 bridgehead atoms. The van der Waals surface area contributed by atoms with E-state index in [1.54, 1.807) is 24.5 Å². The molecule has 7 heteroatoms. The minimum Gasteiger partial charge on any atom is -0.349 e. The number of rotatable bonds is 5. The molecular weight excluding hydrogens is 281 g/mol. The van der Waals surface area contributed by atoms with Crippen molar-refractivity contribution in [2.45, 2.75) is 13.0 Å². The third-order valence-electron chi connectivity index (χ3n) is 2.76. The molecule has 2 aromatic heterocycles. The molecule has 0 atom stereocenters. The molecule has 0 aliphatic rings. The summed E-state index contributed by atoms with van der Waals surface area (Å²) < 4.78 is 40.0. The highest BCUT2D eigenvalue weighted by Crippen LogP contribution is 2.21. The quantitative estimate of drug-likeness (QED) is 0.795. The molecule has 0 radical (unpaired) electrons. The van der Waals surface area contributed by atoms with E-state index in [0.717, 1.165) is 5.56 Å². The van der Waals surface area contributed by atoms with Gasteiger partial charge in [0.25, 0.3) is 5.95 Å². The summed E-state index contributed by atoms with van der Waals surface area (Å²) in [5.41, 5.74) is 0.737. The van der Waals surface area contributed by atoms with Crippen LogP contribution in [0.4, 0.5) is 19.0 Å². The lowest BCUT2D eigenvalue weighted by atomic mass is 10.2. The summed E-state index contributed by atoms with van der Waals surface area (Å²) in [6, 6.07) is 5.82. The van der Waals surface area contributed by atoms with Crippen molar-refractivity contribution in [1.29, 1.82) is 5.26 Å². The fourth-order valence-electron chi connectivity index (χ4n) is 1.81. The molecule has 2 rings (SSSR count). The summed E-state index contributed by atoms with van der Waals surface area (Å²) in [6.45, 7) is 0.324. The number of nitrogens with zero attached hydrogens (tertiary/aromatic N) is 4. The van der Waals surface area contributed by atoms with Gasteiger partial charge in [0.15, 0.2) is 17.5 Å². The van der Waals surface area contributed by atoms with Gasteiger partial charge in [0.05, 0.1) is 12.5 Å². The first-order valence-electron chi connectivity index (χ1n) is 6.14. The van der Waals surface area contributed by atoms with Crippen LogP contribution in [0.1, 0.15) is 12.0 Å². The topological polar surface area (TPSA) is 52.8 Å². The van der Waals surface area contributed by atoms with Gasteiger partial charge in [0, 0.05) is 31.5 Å². The van der Waals surface area contributed by atoms with E-state index >= 15 is 0 Å². The van der Waals surface area contributed by atoms with Gasteiger partial charge in [-0.25, -0.2) is 8.78 Å². The largest absolute Gasteiger partial charge is 0.349 e. The summed E-state index contributed by atoms with van der Waals surface area (Å²) >= 11 is 0. The number of anilines is 1. The van der Waals surface area contributed by atoms with E-state index in [-0.39, 0.29) is 25.3 Å². The van der Waals surface area contributed by atoms with Gasteiger partial charge in [-0.2, -0.15) is 14.6 Å². The molecule has 2 heterocycles. The summed E-state index contributed by atoms with van der Waals surface area (Å²) in [6.07, 6.45) is 3.25. The fraction of sp³-hybridized carbons (Fsp3) is 0.214. The first kappa shape index (κ1) is 14.8. The lowest BCUT2D eigenvalue weighted by Gasteiger charge is -2.23. The van der Waals surface area contributed by atoms with Crippen LogP contribution < -0.4 is 4.90 Å². The average Bonchev–Trinajstić information content (AvgIpc) is 2.48. The van der Waals surface area contributed by atoms with E-state index in [4.69, 9.17) is 5.26 Å². The van der Waals surface area contributed by atoms with Gasteiger partial charge in [-0.05, 0) is 11.6 Å². The zero-order valence-electron chi connectivity index (χ0n) is 10.9. The zero-order chi connectivity index (χ0) is 15.2. The molecule has 0 amide bonds. The number of halogens is 3. The Morgan fingerprint density at radius 2 is 2.05 bits per heavy atom. The second-order valence-corrected chi connectivity index (χ2v) is 4.26. The first-order chi connectivity index (χ1) is 10.1. The molecule has 0 aliphatic carbocycles. The average molecular weight is 292 g/mol. The molecule has 0 N–H and O–H groups in total. The number of hydrogen-bond acceptors (Lipinski definition) is 4. The molecule has 4 nitrogen and oxygen atoms in total. The van der Waals surface area contributed by atoms with E-state index in [1.165, 1.54) is 4.90 Å². The Hall–Kier alpha value is -2.62. The van der Waals surface area contributed by atoms with Gasteiger partial charge in [-0.15, -0.1) is 0 Å². The van der Waals surface area contributed by atoms with Crippen molar-refractivity contribution < 1.29 is 13.2 Å². The molecule has 0 aliphatic heterocycles. The van der Waals surface area contributed by atoms with Crippen LogP contribution >= 0.6 is 0 Å². The van der Waals surface area contributed by atoms with Gasteiger partial charge in [0.2, 0.25) is 0 Å². The molecule has 108 valence electrons. The van der Waals surface area contributed by atoms with Crippen molar-refractivity contribution in [2.75, 3.05) is 11.4 Å². The van der Waals surface area contributed by atoms with Crippen LogP contribution in [-0.2, 0) is 6.54 Å². The van der Waals surface area contributed by atoms with Gasteiger partial charge in [-0.1, -0.05) is 6.07 Å². The van der Waals surface area contributed by atoms with Crippen molar-refractivity contribution in [3.8, 4) is 6.07 Å². The highest BCUT2D eigenvalue weighted by Gasteiger charge is 2.18. The van der Waals surface area contributed by atoms with Crippen LogP contribution in [0.2, 0.25) is 0 Å². The number of hydrogen-bond donors (Lipinski definition) is 0. The summed E-state index contributed by atoms with van der Waals surface area (Å²) in [4.78, 5) is 8.60. The Bertz CT molecular complexity index is 655. The lowest BCUT2D eigenvalue weighted by Crippen LogP contribution is -2.26. The highest BCUT2D eigenvalue weighted by molar-refractivity contribution is 5.41. The van der Waals surface area contributed by atoms with Crippen LogP contribution in [0.3, 0.4) is 0 Å². The maximum absolute atomic E-state index is 13.8. The van der Waals surface area contributed by atoms with E-state index < -0.39 is 17.6 Å². The molecule has 0 saturated carbocycles. The summed E-state index contributed by atoms with van der Waals surface area (Å²) in [5, 5.41) is 8.66. The number of nitriles is 1. The predicted molar refractivity (Wildman–Crippen MR) is 69.6 cm³/mol. The van der Waals surface area contributed by atoms with Crippen LogP contribution in [-0.4, -0.2) is 16.5 Å². The molecular formula is C14H11F3N4. The van der Waals surface area contributed by atoms with Crippen molar-refractivity contribution in [1.82, 2.24) is 9.97 Å². The summed E-state index contributed by atoms with van der Waals surface area (Å²) in [5.74, 6) is -4.03.